The first-order valence-electron chi connectivity index (χ1n) is 13.9. The fourth-order valence-electron chi connectivity index (χ4n) is 5.39. The maximum atomic E-state index is 14.0. The molecule has 3 aromatic rings. The van der Waals surface area contributed by atoms with Crippen LogP contribution < -0.4 is 14.8 Å². The van der Waals surface area contributed by atoms with Crippen molar-refractivity contribution in [1.82, 2.24) is 10.2 Å². The lowest BCUT2D eigenvalue weighted by Crippen LogP contribution is -2.52. The topological polar surface area (TPSA) is 67.9 Å². The summed E-state index contributed by atoms with van der Waals surface area (Å²) in [4.78, 5) is 29.5. The van der Waals surface area contributed by atoms with Gasteiger partial charge in [-0.05, 0) is 60.2 Å². The van der Waals surface area contributed by atoms with E-state index >= 15 is 0 Å². The Morgan fingerprint density at radius 1 is 0.850 bits per heavy atom. The van der Waals surface area contributed by atoms with Gasteiger partial charge in [0, 0.05) is 25.4 Å². The van der Waals surface area contributed by atoms with Crippen LogP contribution in [0.3, 0.4) is 0 Å². The molecule has 0 saturated heterocycles. The molecule has 0 aromatic heterocycles. The number of ether oxygens (including phenoxy) is 2. The maximum absolute atomic E-state index is 14.0. The Morgan fingerprint density at radius 2 is 1.57 bits per heavy atom. The van der Waals surface area contributed by atoms with E-state index in [9.17, 15) is 9.59 Å². The van der Waals surface area contributed by atoms with Crippen LogP contribution in [0.1, 0.15) is 48.8 Å². The van der Waals surface area contributed by atoms with Crippen LogP contribution in [0, 0.1) is 0 Å². The first kappa shape index (κ1) is 28.3. The van der Waals surface area contributed by atoms with Gasteiger partial charge < -0.3 is 19.7 Å². The molecule has 1 heterocycles. The molecule has 2 aliphatic rings. The van der Waals surface area contributed by atoms with Gasteiger partial charge in [0.25, 0.3) is 0 Å². The van der Waals surface area contributed by atoms with Gasteiger partial charge in [-0.15, -0.1) is 0 Å². The highest BCUT2D eigenvalue weighted by atomic mass is 35.5. The number of carbonyl (C=O) groups excluding carboxylic acids is 2. The van der Waals surface area contributed by atoms with Gasteiger partial charge in [0.2, 0.25) is 11.8 Å². The van der Waals surface area contributed by atoms with E-state index in [1.807, 2.05) is 54.6 Å². The fourth-order valence-corrected chi connectivity index (χ4v) is 5.72. The monoisotopic (exact) mass is 580 g/mol. The zero-order valence-corrected chi connectivity index (χ0v) is 23.9. The van der Waals surface area contributed by atoms with Crippen LogP contribution in [0.25, 0.3) is 0 Å². The van der Waals surface area contributed by atoms with E-state index in [-0.39, 0.29) is 30.8 Å². The maximum Gasteiger partial charge on any atom is 0.243 e. The van der Waals surface area contributed by atoms with Crippen molar-refractivity contribution in [2.75, 3.05) is 13.2 Å². The molecule has 6 nitrogen and oxygen atoms in total. The summed E-state index contributed by atoms with van der Waals surface area (Å²) in [5.74, 6) is 1.18. The Bertz CT molecular complexity index is 1330. The highest BCUT2D eigenvalue weighted by Crippen LogP contribution is 2.31. The Balaban J connectivity index is 1.41. The van der Waals surface area contributed by atoms with Gasteiger partial charge in [0.1, 0.15) is 19.3 Å². The molecule has 1 aliphatic carbocycles. The van der Waals surface area contributed by atoms with Gasteiger partial charge in [-0.2, -0.15) is 0 Å². The molecular formula is C32H34Cl2N2O4. The van der Waals surface area contributed by atoms with Crippen molar-refractivity contribution in [1.29, 1.82) is 0 Å². The van der Waals surface area contributed by atoms with Crippen LogP contribution in [0.4, 0.5) is 0 Å². The standard InChI is InChI=1S/C32H34Cl2N2O4/c33-26-13-10-24(18-27(26)34)21-36(31(37)15-12-23-11-14-29-30(20-23)40-17-16-39-29)28(19-22-6-2-1-3-7-22)32(38)35-25-8-4-5-9-25/h1-3,6-7,10-11,13-14,18,20,25,28H,4-5,8-9,12,15-17,19,21H2,(H,35,38)/t28-/m0/s1. The Labute approximate surface area is 245 Å². The molecule has 0 bridgehead atoms. The summed E-state index contributed by atoms with van der Waals surface area (Å²) >= 11 is 12.5. The first-order chi connectivity index (χ1) is 19.5. The van der Waals surface area contributed by atoms with Gasteiger partial charge in [-0.1, -0.05) is 78.5 Å². The molecule has 0 spiro atoms. The van der Waals surface area contributed by atoms with Crippen LogP contribution in [-0.4, -0.2) is 42.0 Å². The molecule has 1 fully saturated rings. The van der Waals surface area contributed by atoms with Crippen molar-refractivity contribution >= 4 is 35.0 Å². The normalized spacial score (nSPS) is 15.4. The van der Waals surface area contributed by atoms with Crippen molar-refractivity contribution in [3.05, 3.63) is 93.5 Å². The summed E-state index contributed by atoms with van der Waals surface area (Å²) in [6.07, 6.45) is 5.31. The average molecular weight is 582 g/mol. The van der Waals surface area contributed by atoms with Gasteiger partial charge in [-0.25, -0.2) is 0 Å². The smallest absolute Gasteiger partial charge is 0.243 e. The number of rotatable bonds is 10. The Hall–Kier alpha value is -3.22. The lowest BCUT2D eigenvalue weighted by molar-refractivity contribution is -0.141. The third-order valence-electron chi connectivity index (χ3n) is 7.54. The molecule has 210 valence electrons. The third kappa shape index (κ3) is 7.29. The largest absolute Gasteiger partial charge is 0.486 e. The summed E-state index contributed by atoms with van der Waals surface area (Å²) in [7, 11) is 0. The van der Waals surface area contributed by atoms with Crippen LogP contribution in [0.2, 0.25) is 10.0 Å². The number of hydrogen-bond donors (Lipinski definition) is 1. The summed E-state index contributed by atoms with van der Waals surface area (Å²) in [6, 6.07) is 20.4. The lowest BCUT2D eigenvalue weighted by Gasteiger charge is -2.32. The number of fused-ring (bicyclic) bond motifs is 1. The van der Waals surface area contributed by atoms with E-state index in [0.29, 0.717) is 47.6 Å². The van der Waals surface area contributed by atoms with E-state index < -0.39 is 6.04 Å². The van der Waals surface area contributed by atoms with Crippen LogP contribution in [-0.2, 0) is 29.0 Å². The van der Waals surface area contributed by atoms with E-state index in [2.05, 4.69) is 5.32 Å². The van der Waals surface area contributed by atoms with Crippen molar-refractivity contribution in [3.63, 3.8) is 0 Å². The minimum absolute atomic E-state index is 0.108. The summed E-state index contributed by atoms with van der Waals surface area (Å²) in [5, 5.41) is 4.10. The van der Waals surface area contributed by atoms with Crippen molar-refractivity contribution in [2.24, 2.45) is 0 Å². The molecule has 40 heavy (non-hydrogen) atoms. The second-order valence-corrected chi connectivity index (χ2v) is 11.3. The van der Waals surface area contributed by atoms with Crippen molar-refractivity contribution in [2.45, 2.75) is 63.6 Å². The molecule has 0 radical (unpaired) electrons. The molecule has 5 rings (SSSR count). The lowest BCUT2D eigenvalue weighted by atomic mass is 10.0. The molecule has 1 N–H and O–H groups in total. The van der Waals surface area contributed by atoms with Gasteiger partial charge in [-0.3, -0.25) is 9.59 Å². The summed E-state index contributed by atoms with van der Waals surface area (Å²) < 4.78 is 11.4. The van der Waals surface area contributed by atoms with Gasteiger partial charge in [0.15, 0.2) is 11.5 Å². The Kier molecular flexibility index (Phi) is 9.50. The molecular weight excluding hydrogens is 547 g/mol. The molecule has 0 unspecified atom stereocenters. The predicted molar refractivity (Wildman–Crippen MR) is 157 cm³/mol. The number of benzene rings is 3. The summed E-state index contributed by atoms with van der Waals surface area (Å²) in [5.41, 5.74) is 2.78. The van der Waals surface area contributed by atoms with Crippen LogP contribution in [0.5, 0.6) is 11.5 Å². The minimum Gasteiger partial charge on any atom is -0.486 e. The zero-order valence-electron chi connectivity index (χ0n) is 22.4. The second kappa shape index (κ2) is 13.4. The minimum atomic E-state index is -0.676. The van der Waals surface area contributed by atoms with Crippen LogP contribution in [0.15, 0.2) is 66.7 Å². The molecule has 1 saturated carbocycles. The molecule has 1 aliphatic heterocycles. The van der Waals surface area contributed by atoms with Crippen molar-refractivity contribution in [3.8, 4) is 11.5 Å². The highest BCUT2D eigenvalue weighted by molar-refractivity contribution is 6.42. The molecule has 2 amide bonds. The van der Waals surface area contributed by atoms with Gasteiger partial charge in [0.05, 0.1) is 10.0 Å². The predicted octanol–water partition coefficient (Wildman–Crippen LogP) is 6.40. The number of nitrogens with zero attached hydrogens (tertiary/aromatic N) is 1. The van der Waals surface area contributed by atoms with E-state index in [1.54, 1.807) is 17.0 Å². The number of halogens is 2. The third-order valence-corrected chi connectivity index (χ3v) is 8.28. The molecule has 3 aromatic carbocycles. The fraction of sp³-hybridized carbons (Fsp3) is 0.375. The number of nitrogens with one attached hydrogen (secondary N) is 1. The van der Waals surface area contributed by atoms with E-state index in [4.69, 9.17) is 32.7 Å². The van der Waals surface area contributed by atoms with Crippen molar-refractivity contribution < 1.29 is 19.1 Å². The number of amides is 2. The number of hydrogen-bond acceptors (Lipinski definition) is 4. The average Bonchev–Trinajstić information content (AvgIpc) is 3.49. The quantitative estimate of drug-likeness (QED) is 0.301. The first-order valence-corrected chi connectivity index (χ1v) is 14.7. The Morgan fingerprint density at radius 3 is 2.33 bits per heavy atom. The van der Waals surface area contributed by atoms with E-state index in [0.717, 1.165) is 42.4 Å². The number of carbonyl (C=O) groups is 2. The van der Waals surface area contributed by atoms with Crippen LogP contribution >= 0.6 is 23.2 Å². The molecule has 8 heteroatoms. The second-order valence-electron chi connectivity index (χ2n) is 10.4. The number of aryl methyl sites for hydroxylation is 1. The zero-order chi connectivity index (χ0) is 27.9. The molecule has 1 atom stereocenters. The van der Waals surface area contributed by atoms with Gasteiger partial charge >= 0.3 is 0 Å². The SMILES string of the molecule is O=C(NC1CCCC1)[C@H](Cc1ccccc1)N(Cc1ccc(Cl)c(Cl)c1)C(=O)CCc1ccc2c(c1)OCCO2. The van der Waals surface area contributed by atoms with E-state index in [1.165, 1.54) is 0 Å². The highest BCUT2D eigenvalue weighted by Gasteiger charge is 2.32. The summed E-state index contributed by atoms with van der Waals surface area (Å²) in [6.45, 7) is 1.27.